The molecule has 2 aliphatic rings. The topological polar surface area (TPSA) is 57.4 Å². The third kappa shape index (κ3) is 7.32. The first-order valence-corrected chi connectivity index (χ1v) is 21.3. The summed E-state index contributed by atoms with van der Waals surface area (Å²) in [6.45, 7) is 0. The van der Waals surface area contributed by atoms with Crippen LogP contribution in [0, 0.1) is 23.7 Å². The highest BCUT2D eigenvalue weighted by Crippen LogP contribution is 2.43. The molecule has 9 aromatic rings. The highest BCUT2D eigenvalue weighted by Gasteiger charge is 2.27. The monoisotopic (exact) mass is 814 g/mol. The molecule has 2 aliphatic heterocycles. The van der Waals surface area contributed by atoms with Gasteiger partial charge in [0.2, 0.25) is 0 Å². The van der Waals surface area contributed by atoms with Gasteiger partial charge in [-0.15, -0.1) is 0 Å². The van der Waals surface area contributed by atoms with E-state index < -0.39 is 0 Å². The van der Waals surface area contributed by atoms with Gasteiger partial charge < -0.3 is 9.97 Å². The third-order valence-corrected chi connectivity index (χ3v) is 11.5. The van der Waals surface area contributed by atoms with Crippen LogP contribution in [0.15, 0.2) is 206 Å². The molecule has 64 heavy (non-hydrogen) atoms. The molecule has 0 unspecified atom stereocenters. The zero-order valence-corrected chi connectivity index (χ0v) is 34.7. The molecule has 4 heteroatoms. The Kier molecular flexibility index (Phi) is 9.99. The van der Waals surface area contributed by atoms with E-state index in [1.165, 1.54) is 0 Å². The minimum Gasteiger partial charge on any atom is -0.354 e. The SMILES string of the molecule is C(#Cc1ccccc1)C1=C(C#Cc2ccccc2)c2nc1c(-c1ccccc1)c1ccc([nH]1)c(-c1ccccc1)c1nc(c(-c3ccccc3)c3ccc([nH]3)c2-c2ccccc2)C=C1. The van der Waals surface area contributed by atoms with Crippen molar-refractivity contribution >= 4 is 45.4 Å². The van der Waals surface area contributed by atoms with E-state index in [2.05, 4.69) is 167 Å². The number of nitrogens with zero attached hydrogens (tertiary/aromatic N) is 2. The molecule has 5 heterocycles. The summed E-state index contributed by atoms with van der Waals surface area (Å²) in [6.07, 6.45) is 4.26. The van der Waals surface area contributed by atoms with Gasteiger partial charge in [0.15, 0.2) is 0 Å². The summed E-state index contributed by atoms with van der Waals surface area (Å²) in [5.41, 5.74) is 18.0. The van der Waals surface area contributed by atoms with Crippen molar-refractivity contribution in [3.05, 3.63) is 240 Å². The van der Waals surface area contributed by atoms with E-state index in [-0.39, 0.29) is 0 Å². The van der Waals surface area contributed by atoms with Gasteiger partial charge in [0.25, 0.3) is 0 Å². The van der Waals surface area contributed by atoms with Crippen LogP contribution in [0.25, 0.3) is 89.9 Å². The average molecular weight is 815 g/mol. The van der Waals surface area contributed by atoms with Crippen molar-refractivity contribution in [2.24, 2.45) is 0 Å². The van der Waals surface area contributed by atoms with Crippen LogP contribution < -0.4 is 0 Å². The maximum atomic E-state index is 5.77. The summed E-state index contributed by atoms with van der Waals surface area (Å²) in [6, 6.07) is 70.7. The van der Waals surface area contributed by atoms with Crippen LogP contribution in [0.4, 0.5) is 0 Å². The van der Waals surface area contributed by atoms with E-state index >= 15 is 0 Å². The minimum atomic E-state index is 0.731. The van der Waals surface area contributed by atoms with Crippen molar-refractivity contribution in [2.45, 2.75) is 0 Å². The molecule has 2 N–H and O–H groups in total. The number of H-pyrrole nitrogens is 2. The highest BCUT2D eigenvalue weighted by molar-refractivity contribution is 6.13. The van der Waals surface area contributed by atoms with Crippen LogP contribution in [0.2, 0.25) is 0 Å². The normalized spacial score (nSPS) is 11.7. The molecule has 0 saturated carbocycles. The predicted molar refractivity (Wildman–Crippen MR) is 265 cm³/mol. The fraction of sp³-hybridized carbons (Fsp3) is 0. The molecule has 0 atom stereocenters. The first-order valence-electron chi connectivity index (χ1n) is 21.3. The van der Waals surface area contributed by atoms with Crippen LogP contribution in [0.1, 0.15) is 33.9 Å². The van der Waals surface area contributed by atoms with E-state index in [4.69, 9.17) is 9.97 Å². The maximum Gasteiger partial charge on any atom is 0.0907 e. The largest absolute Gasteiger partial charge is 0.354 e. The Bertz CT molecular complexity index is 3330. The Labute approximate surface area is 372 Å². The first-order chi connectivity index (χ1) is 31.7. The zero-order valence-electron chi connectivity index (χ0n) is 34.7. The lowest BCUT2D eigenvalue weighted by Crippen LogP contribution is -1.91. The standard InChI is InChI=1S/C60H38N4/c1-7-19-41(20-8-1)31-33-47-48(34-32-42-21-9-2-10-22-42)60-58(46-29-17-6-18-30-46)54-40-38-52(63-54)56(44-25-13-4-14-26-44)50-36-35-49(61-50)55(43-23-11-3-12-24-43)51-37-39-53(62-51)57(59(47)64-60)45-27-15-5-16-28-45/h1-30,35-40,62-63H. The molecular weight excluding hydrogens is 777 g/mol. The molecule has 3 aromatic heterocycles. The Balaban J connectivity index is 1.38. The maximum absolute atomic E-state index is 5.77. The van der Waals surface area contributed by atoms with Gasteiger partial charge in [-0.1, -0.05) is 181 Å². The van der Waals surface area contributed by atoms with Crippen molar-refractivity contribution in [3.63, 3.8) is 0 Å². The first kappa shape index (κ1) is 38.0. The number of benzene rings is 6. The van der Waals surface area contributed by atoms with Crippen LogP contribution in [-0.2, 0) is 0 Å². The molecule has 0 amide bonds. The molecule has 11 rings (SSSR count). The van der Waals surface area contributed by atoms with Crippen LogP contribution in [0.5, 0.6) is 0 Å². The molecule has 0 aliphatic carbocycles. The van der Waals surface area contributed by atoms with E-state index in [1.54, 1.807) is 0 Å². The summed E-state index contributed by atoms with van der Waals surface area (Å²) in [7, 11) is 0. The van der Waals surface area contributed by atoms with Gasteiger partial charge in [-0.2, -0.15) is 0 Å². The molecule has 0 spiro atoms. The van der Waals surface area contributed by atoms with E-state index in [1.807, 2.05) is 84.9 Å². The molecule has 4 nitrogen and oxygen atoms in total. The highest BCUT2D eigenvalue weighted by atomic mass is 14.8. The van der Waals surface area contributed by atoms with Gasteiger partial charge >= 0.3 is 0 Å². The number of aromatic nitrogens is 4. The van der Waals surface area contributed by atoms with E-state index in [0.717, 1.165) is 112 Å². The van der Waals surface area contributed by atoms with Crippen molar-refractivity contribution in [1.29, 1.82) is 0 Å². The Morgan fingerprint density at radius 2 is 0.578 bits per heavy atom. The minimum absolute atomic E-state index is 0.731. The second-order valence-electron chi connectivity index (χ2n) is 15.5. The van der Waals surface area contributed by atoms with Gasteiger partial charge in [0.1, 0.15) is 0 Å². The van der Waals surface area contributed by atoms with Crippen LogP contribution in [0.3, 0.4) is 0 Å². The fourth-order valence-electron chi connectivity index (χ4n) is 8.53. The van der Waals surface area contributed by atoms with Crippen molar-refractivity contribution < 1.29 is 0 Å². The van der Waals surface area contributed by atoms with Gasteiger partial charge in [-0.05, 0) is 82.9 Å². The van der Waals surface area contributed by atoms with Crippen molar-refractivity contribution in [1.82, 2.24) is 19.9 Å². The van der Waals surface area contributed by atoms with E-state index in [0.29, 0.717) is 0 Å². The number of nitrogens with one attached hydrogen (secondary N) is 2. The van der Waals surface area contributed by atoms with Gasteiger partial charge in [0, 0.05) is 55.4 Å². The van der Waals surface area contributed by atoms with Gasteiger partial charge in [0.05, 0.1) is 33.9 Å². The number of hydrogen-bond acceptors (Lipinski definition) is 2. The number of allylic oxidation sites excluding steroid dienone is 2. The smallest absolute Gasteiger partial charge is 0.0907 e. The van der Waals surface area contributed by atoms with Crippen LogP contribution in [-0.4, -0.2) is 19.9 Å². The molecule has 0 fully saturated rings. The van der Waals surface area contributed by atoms with E-state index in [9.17, 15) is 0 Å². The summed E-state index contributed by atoms with van der Waals surface area (Å²) in [4.78, 5) is 19.0. The molecule has 0 saturated heterocycles. The molecule has 6 aromatic carbocycles. The lowest BCUT2D eigenvalue weighted by atomic mass is 9.95. The predicted octanol–water partition coefficient (Wildman–Crippen LogP) is 14.2. The Morgan fingerprint density at radius 3 is 0.922 bits per heavy atom. The summed E-state index contributed by atoms with van der Waals surface area (Å²) >= 11 is 0. The summed E-state index contributed by atoms with van der Waals surface area (Å²) in [5.74, 6) is 14.4. The lowest BCUT2D eigenvalue weighted by molar-refractivity contribution is 1.30. The summed E-state index contributed by atoms with van der Waals surface area (Å²) < 4.78 is 0. The fourth-order valence-corrected chi connectivity index (χ4v) is 8.53. The number of aromatic amines is 2. The second-order valence-corrected chi connectivity index (χ2v) is 15.5. The van der Waals surface area contributed by atoms with Gasteiger partial charge in [-0.3, -0.25) is 0 Å². The zero-order chi connectivity index (χ0) is 42.7. The molecular formula is C60H38N4. The number of rotatable bonds is 4. The van der Waals surface area contributed by atoms with Crippen LogP contribution >= 0.6 is 0 Å². The Morgan fingerprint density at radius 1 is 0.281 bits per heavy atom. The molecule has 0 radical (unpaired) electrons. The second kappa shape index (κ2) is 16.8. The quantitative estimate of drug-likeness (QED) is 0.174. The lowest BCUT2D eigenvalue weighted by Gasteiger charge is -2.07. The average Bonchev–Trinajstić information content (AvgIpc) is 4.20. The van der Waals surface area contributed by atoms with Crippen molar-refractivity contribution in [2.75, 3.05) is 0 Å². The molecule has 8 bridgehead atoms. The third-order valence-electron chi connectivity index (χ3n) is 11.5. The molecule has 298 valence electrons. The number of hydrogen-bond donors (Lipinski definition) is 2. The van der Waals surface area contributed by atoms with Crippen molar-refractivity contribution in [3.8, 4) is 68.2 Å². The Hall–Kier alpha value is -8.96. The summed E-state index contributed by atoms with van der Waals surface area (Å²) in [5, 5.41) is 0. The number of fused-ring (bicyclic) bond motifs is 8. The van der Waals surface area contributed by atoms with Gasteiger partial charge in [-0.25, -0.2) is 9.97 Å².